The van der Waals surface area contributed by atoms with Gasteiger partial charge in [0, 0.05) is 11.4 Å². The number of hydrogen-bond donors (Lipinski definition) is 0. The van der Waals surface area contributed by atoms with Gasteiger partial charge in [-0.05, 0) is 31.4 Å². The molecule has 104 valence electrons. The summed E-state index contributed by atoms with van der Waals surface area (Å²) in [7, 11) is 0. The van der Waals surface area contributed by atoms with Crippen LogP contribution in [0.2, 0.25) is 0 Å². The zero-order chi connectivity index (χ0) is 13.8. The molecule has 2 atom stereocenters. The minimum atomic E-state index is -0.417. The summed E-state index contributed by atoms with van der Waals surface area (Å²) in [6.45, 7) is 2.38. The van der Waals surface area contributed by atoms with Crippen molar-refractivity contribution in [2.24, 2.45) is 0 Å². The van der Waals surface area contributed by atoms with Gasteiger partial charge in [-0.15, -0.1) is 0 Å². The number of hydrogen-bond acceptors (Lipinski definition) is 4. The van der Waals surface area contributed by atoms with Gasteiger partial charge < -0.3 is 9.47 Å². The number of alkyl halides is 1. The number of nitrogens with zero attached hydrogens (tertiary/aromatic N) is 1. The third kappa shape index (κ3) is 3.67. The molecule has 0 bridgehead atoms. The van der Waals surface area contributed by atoms with E-state index in [4.69, 9.17) is 9.47 Å². The average Bonchev–Trinajstić information content (AvgIpc) is 2.82. The SMILES string of the molecule is CC1CCC(COc2ccc(CBr)cc2[N+](=O)[O-])O1. The van der Waals surface area contributed by atoms with E-state index in [-0.39, 0.29) is 17.9 Å². The van der Waals surface area contributed by atoms with Crippen LogP contribution in [0.3, 0.4) is 0 Å². The first-order valence-corrected chi connectivity index (χ1v) is 7.34. The number of rotatable bonds is 5. The predicted octanol–water partition coefficient (Wildman–Crippen LogP) is 3.44. The quantitative estimate of drug-likeness (QED) is 0.471. The van der Waals surface area contributed by atoms with Gasteiger partial charge in [0.05, 0.1) is 17.1 Å². The summed E-state index contributed by atoms with van der Waals surface area (Å²) in [5.74, 6) is 0.304. The molecule has 1 fully saturated rings. The fraction of sp³-hybridized carbons (Fsp3) is 0.538. The van der Waals surface area contributed by atoms with E-state index in [9.17, 15) is 10.1 Å². The summed E-state index contributed by atoms with van der Waals surface area (Å²) < 4.78 is 11.2. The molecule has 0 aliphatic carbocycles. The molecule has 0 amide bonds. The molecular formula is C13H16BrNO4. The average molecular weight is 330 g/mol. The highest BCUT2D eigenvalue weighted by molar-refractivity contribution is 9.08. The number of halogens is 1. The summed E-state index contributed by atoms with van der Waals surface area (Å²) in [4.78, 5) is 10.6. The van der Waals surface area contributed by atoms with Gasteiger partial charge in [0.15, 0.2) is 5.75 Å². The Morgan fingerprint density at radius 3 is 2.89 bits per heavy atom. The molecule has 5 nitrogen and oxygen atoms in total. The van der Waals surface area contributed by atoms with Crippen molar-refractivity contribution in [3.05, 3.63) is 33.9 Å². The minimum Gasteiger partial charge on any atom is -0.484 e. The van der Waals surface area contributed by atoms with Gasteiger partial charge in [0.25, 0.3) is 0 Å². The van der Waals surface area contributed by atoms with Crippen molar-refractivity contribution >= 4 is 21.6 Å². The summed E-state index contributed by atoms with van der Waals surface area (Å²) in [6, 6.07) is 4.99. The molecule has 1 aliphatic rings. The molecule has 1 aromatic carbocycles. The molecule has 2 rings (SSSR count). The van der Waals surface area contributed by atoms with E-state index in [1.807, 2.05) is 13.0 Å². The van der Waals surface area contributed by atoms with Crippen LogP contribution in [0, 0.1) is 10.1 Å². The Kier molecular flexibility index (Phi) is 4.76. The molecule has 0 saturated carbocycles. The van der Waals surface area contributed by atoms with Crippen LogP contribution >= 0.6 is 15.9 Å². The second-order valence-corrected chi connectivity index (χ2v) is 5.21. The number of nitro benzene ring substituents is 1. The van der Waals surface area contributed by atoms with Crippen molar-refractivity contribution in [1.82, 2.24) is 0 Å². The van der Waals surface area contributed by atoms with Gasteiger partial charge >= 0.3 is 5.69 Å². The second kappa shape index (κ2) is 6.34. The van der Waals surface area contributed by atoms with Crippen molar-refractivity contribution < 1.29 is 14.4 Å². The zero-order valence-electron chi connectivity index (χ0n) is 10.7. The Labute approximate surface area is 120 Å². The van der Waals surface area contributed by atoms with Crippen LogP contribution in [-0.4, -0.2) is 23.7 Å². The van der Waals surface area contributed by atoms with Crippen molar-refractivity contribution in [2.75, 3.05) is 6.61 Å². The van der Waals surface area contributed by atoms with Crippen molar-refractivity contribution in [1.29, 1.82) is 0 Å². The number of nitro groups is 1. The lowest BCUT2D eigenvalue weighted by atomic mass is 10.2. The highest BCUT2D eigenvalue weighted by Gasteiger charge is 2.24. The maximum Gasteiger partial charge on any atom is 0.311 e. The van der Waals surface area contributed by atoms with Gasteiger partial charge in [-0.2, -0.15) is 0 Å². The first-order chi connectivity index (χ1) is 9.10. The van der Waals surface area contributed by atoms with E-state index in [1.54, 1.807) is 6.07 Å². The maximum absolute atomic E-state index is 11.0. The predicted molar refractivity (Wildman–Crippen MR) is 74.8 cm³/mol. The lowest BCUT2D eigenvalue weighted by molar-refractivity contribution is -0.386. The van der Waals surface area contributed by atoms with Crippen molar-refractivity contribution in [3.63, 3.8) is 0 Å². The van der Waals surface area contributed by atoms with E-state index in [0.29, 0.717) is 17.7 Å². The highest BCUT2D eigenvalue weighted by atomic mass is 79.9. The van der Waals surface area contributed by atoms with E-state index >= 15 is 0 Å². The van der Waals surface area contributed by atoms with E-state index in [2.05, 4.69) is 15.9 Å². The molecule has 0 aromatic heterocycles. The molecule has 1 heterocycles. The zero-order valence-corrected chi connectivity index (χ0v) is 12.3. The van der Waals surface area contributed by atoms with Crippen LogP contribution in [0.5, 0.6) is 5.75 Å². The Morgan fingerprint density at radius 1 is 1.53 bits per heavy atom. The lowest BCUT2D eigenvalue weighted by Gasteiger charge is -2.13. The van der Waals surface area contributed by atoms with Gasteiger partial charge in [0.2, 0.25) is 0 Å². The monoisotopic (exact) mass is 329 g/mol. The van der Waals surface area contributed by atoms with Crippen LogP contribution in [0.25, 0.3) is 0 Å². The van der Waals surface area contributed by atoms with Gasteiger partial charge in [-0.3, -0.25) is 10.1 Å². The van der Waals surface area contributed by atoms with Crippen molar-refractivity contribution in [3.8, 4) is 5.75 Å². The van der Waals surface area contributed by atoms with Gasteiger partial charge in [0.1, 0.15) is 6.61 Å². The van der Waals surface area contributed by atoms with Crippen LogP contribution in [0.15, 0.2) is 18.2 Å². The fourth-order valence-electron chi connectivity index (χ4n) is 2.10. The molecule has 2 unspecified atom stereocenters. The smallest absolute Gasteiger partial charge is 0.311 e. The molecular weight excluding hydrogens is 314 g/mol. The molecule has 6 heteroatoms. The van der Waals surface area contributed by atoms with Crippen molar-refractivity contribution in [2.45, 2.75) is 37.3 Å². The summed E-state index contributed by atoms with van der Waals surface area (Å²) in [5, 5.41) is 11.6. The topological polar surface area (TPSA) is 61.6 Å². The molecule has 1 aliphatic heterocycles. The Bertz CT molecular complexity index is 466. The lowest BCUT2D eigenvalue weighted by Crippen LogP contribution is -2.18. The highest BCUT2D eigenvalue weighted by Crippen LogP contribution is 2.30. The standard InChI is InChI=1S/C13H16BrNO4/c1-9-2-4-11(19-9)8-18-13-5-3-10(7-14)6-12(13)15(16)17/h3,5-6,9,11H,2,4,7-8H2,1H3. The minimum absolute atomic E-state index is 0.00277. The van der Waals surface area contributed by atoms with E-state index < -0.39 is 4.92 Å². The Balaban J connectivity index is 2.04. The molecule has 1 saturated heterocycles. The fourth-order valence-corrected chi connectivity index (χ4v) is 2.45. The largest absolute Gasteiger partial charge is 0.484 e. The summed E-state index contributed by atoms with van der Waals surface area (Å²) in [5.41, 5.74) is 0.854. The van der Waals surface area contributed by atoms with E-state index in [0.717, 1.165) is 18.4 Å². The van der Waals surface area contributed by atoms with Gasteiger partial charge in [-0.25, -0.2) is 0 Å². The molecule has 0 radical (unpaired) electrons. The normalized spacial score (nSPS) is 22.4. The Morgan fingerprint density at radius 2 is 2.32 bits per heavy atom. The maximum atomic E-state index is 11.0. The molecule has 0 spiro atoms. The molecule has 1 aromatic rings. The first-order valence-electron chi connectivity index (χ1n) is 6.21. The van der Waals surface area contributed by atoms with Crippen LogP contribution in [0.1, 0.15) is 25.3 Å². The molecule has 19 heavy (non-hydrogen) atoms. The number of benzene rings is 1. The van der Waals surface area contributed by atoms with Gasteiger partial charge in [-0.1, -0.05) is 22.0 Å². The van der Waals surface area contributed by atoms with Crippen LogP contribution in [-0.2, 0) is 10.1 Å². The summed E-state index contributed by atoms with van der Waals surface area (Å²) >= 11 is 3.28. The third-order valence-electron chi connectivity index (χ3n) is 3.12. The first kappa shape index (κ1) is 14.3. The van der Waals surface area contributed by atoms with Crippen LogP contribution < -0.4 is 4.74 Å². The third-order valence-corrected chi connectivity index (χ3v) is 3.77. The molecule has 0 N–H and O–H groups in total. The second-order valence-electron chi connectivity index (χ2n) is 4.65. The number of ether oxygens (including phenoxy) is 2. The summed E-state index contributed by atoms with van der Waals surface area (Å²) in [6.07, 6.45) is 2.23. The van der Waals surface area contributed by atoms with Crippen LogP contribution in [0.4, 0.5) is 5.69 Å². The van der Waals surface area contributed by atoms with E-state index in [1.165, 1.54) is 6.07 Å². The Hall–Kier alpha value is -1.14.